The largest absolute Gasteiger partial charge is 0.488 e. The molecule has 0 fully saturated rings. The van der Waals surface area contributed by atoms with Gasteiger partial charge in [-0.3, -0.25) is 4.79 Å². The van der Waals surface area contributed by atoms with Crippen LogP contribution in [0.3, 0.4) is 0 Å². The van der Waals surface area contributed by atoms with Gasteiger partial charge >= 0.3 is 5.97 Å². The van der Waals surface area contributed by atoms with Gasteiger partial charge in [-0.25, -0.2) is 4.79 Å². The zero-order valence-electron chi connectivity index (χ0n) is 19.7. The first-order valence-electron chi connectivity index (χ1n) is 11.5. The molecule has 7 heteroatoms. The van der Waals surface area contributed by atoms with Gasteiger partial charge in [0.2, 0.25) is 5.91 Å². The zero-order valence-corrected chi connectivity index (χ0v) is 21.2. The number of rotatable bonds is 4. The number of benzene rings is 3. The molecule has 3 aromatic rings. The molecule has 35 heavy (non-hydrogen) atoms. The Labute approximate surface area is 214 Å². The van der Waals surface area contributed by atoms with E-state index in [4.69, 9.17) is 27.9 Å². The summed E-state index contributed by atoms with van der Waals surface area (Å²) in [6, 6.07) is 16.0. The van der Waals surface area contributed by atoms with Crippen LogP contribution in [-0.2, 0) is 23.2 Å². The number of hydrogen-bond acceptors (Lipinski definition) is 3. The van der Waals surface area contributed by atoms with Crippen LogP contribution in [0.1, 0.15) is 59.8 Å². The Balaban J connectivity index is 1.60. The normalized spacial score (nSPS) is 20.3. The summed E-state index contributed by atoms with van der Waals surface area (Å²) in [5.74, 6) is -0.390. The summed E-state index contributed by atoms with van der Waals surface area (Å²) in [6.07, 6.45) is 1.75. The van der Waals surface area contributed by atoms with E-state index in [1.54, 1.807) is 23.1 Å². The lowest BCUT2D eigenvalue weighted by Crippen LogP contribution is -2.39. The molecule has 1 N–H and O–H groups in total. The SMILES string of the molecule is CC1(C)CCc2cc([C@]3(C)C(=O)N(Cc4ccc(Cl)cc4C(=O)O)c4ccc(Cl)cc43)ccc2O1. The number of fused-ring (bicyclic) bond motifs is 2. The van der Waals surface area contributed by atoms with E-state index in [2.05, 4.69) is 19.9 Å². The zero-order chi connectivity index (χ0) is 25.1. The first-order valence-corrected chi connectivity index (χ1v) is 12.2. The molecule has 2 aliphatic heterocycles. The van der Waals surface area contributed by atoms with Gasteiger partial charge in [0.1, 0.15) is 11.4 Å². The number of aryl methyl sites for hydroxylation is 1. The van der Waals surface area contributed by atoms with Crippen LogP contribution in [0.25, 0.3) is 0 Å². The number of carbonyl (C=O) groups is 2. The van der Waals surface area contributed by atoms with E-state index < -0.39 is 11.4 Å². The molecular formula is C28H25Cl2NO4. The molecule has 0 spiro atoms. The molecule has 5 rings (SSSR count). The van der Waals surface area contributed by atoms with Gasteiger partial charge in [-0.2, -0.15) is 0 Å². The lowest BCUT2D eigenvalue weighted by atomic mass is 9.76. The monoisotopic (exact) mass is 509 g/mol. The predicted molar refractivity (Wildman–Crippen MR) is 137 cm³/mol. The number of ether oxygens (including phenoxy) is 1. The van der Waals surface area contributed by atoms with Crippen molar-refractivity contribution in [2.75, 3.05) is 4.90 Å². The van der Waals surface area contributed by atoms with Crippen LogP contribution < -0.4 is 9.64 Å². The Morgan fingerprint density at radius 1 is 1.03 bits per heavy atom. The summed E-state index contributed by atoms with van der Waals surface area (Å²) in [7, 11) is 0. The highest BCUT2D eigenvalue weighted by molar-refractivity contribution is 6.31. The Hall–Kier alpha value is -3.02. The summed E-state index contributed by atoms with van der Waals surface area (Å²) in [5, 5.41) is 10.6. The summed E-state index contributed by atoms with van der Waals surface area (Å²) >= 11 is 12.4. The Kier molecular flexibility index (Phi) is 5.61. The van der Waals surface area contributed by atoms with Crippen LogP contribution in [0, 0.1) is 0 Å². The van der Waals surface area contributed by atoms with Gasteiger partial charge in [-0.05, 0) is 92.3 Å². The summed E-state index contributed by atoms with van der Waals surface area (Å²) in [4.78, 5) is 27.6. The minimum atomic E-state index is -1.09. The summed E-state index contributed by atoms with van der Waals surface area (Å²) < 4.78 is 6.15. The number of carboxylic acids is 1. The highest BCUT2D eigenvalue weighted by Gasteiger charge is 2.49. The quantitative estimate of drug-likeness (QED) is 0.427. The van der Waals surface area contributed by atoms with Gasteiger partial charge in [0.15, 0.2) is 0 Å². The van der Waals surface area contributed by atoms with Crippen molar-refractivity contribution in [1.82, 2.24) is 0 Å². The fraction of sp³-hybridized carbons (Fsp3) is 0.286. The van der Waals surface area contributed by atoms with Crippen molar-refractivity contribution in [2.24, 2.45) is 0 Å². The van der Waals surface area contributed by atoms with E-state index in [0.717, 1.165) is 35.3 Å². The van der Waals surface area contributed by atoms with Gasteiger partial charge in [-0.15, -0.1) is 0 Å². The maximum absolute atomic E-state index is 14.1. The molecule has 0 bridgehead atoms. The topological polar surface area (TPSA) is 66.8 Å². The lowest BCUT2D eigenvalue weighted by Gasteiger charge is -2.34. The van der Waals surface area contributed by atoms with Gasteiger partial charge < -0.3 is 14.7 Å². The number of nitrogens with zero attached hydrogens (tertiary/aromatic N) is 1. The van der Waals surface area contributed by atoms with Gasteiger partial charge in [0.25, 0.3) is 0 Å². The second kappa shape index (κ2) is 8.28. The highest BCUT2D eigenvalue weighted by Crippen LogP contribution is 2.49. The second-order valence-electron chi connectivity index (χ2n) is 9.97. The van der Waals surface area contributed by atoms with Crippen LogP contribution in [-0.4, -0.2) is 22.6 Å². The molecular weight excluding hydrogens is 485 g/mol. The first-order chi connectivity index (χ1) is 16.5. The first kappa shape index (κ1) is 23.7. The minimum Gasteiger partial charge on any atom is -0.488 e. The number of halogens is 2. The van der Waals surface area contributed by atoms with Crippen LogP contribution in [0.15, 0.2) is 54.6 Å². The maximum Gasteiger partial charge on any atom is 0.336 e. The average Bonchev–Trinajstić information content (AvgIpc) is 3.01. The second-order valence-corrected chi connectivity index (χ2v) is 10.8. The number of hydrogen-bond donors (Lipinski definition) is 1. The standard InChI is InChI=1S/C28H25Cl2NO4/c1-27(2)11-10-16-12-18(5-9-24(16)35-27)28(3)22-14-20(30)7-8-23(22)31(26(28)34)15-17-4-6-19(29)13-21(17)25(32)33/h4-9,12-14H,10-11,15H2,1-3H3,(H,32,33)/t28-/m0/s1. The van der Waals surface area contributed by atoms with Crippen LogP contribution in [0.4, 0.5) is 5.69 Å². The van der Waals surface area contributed by atoms with E-state index >= 15 is 0 Å². The molecule has 180 valence electrons. The van der Waals surface area contributed by atoms with E-state index in [1.807, 2.05) is 31.2 Å². The molecule has 5 nitrogen and oxygen atoms in total. The molecule has 0 radical (unpaired) electrons. The maximum atomic E-state index is 14.1. The summed E-state index contributed by atoms with van der Waals surface area (Å²) in [5.41, 5.74) is 2.79. The Morgan fingerprint density at radius 2 is 1.74 bits per heavy atom. The molecule has 0 saturated heterocycles. The fourth-order valence-corrected chi connectivity index (χ4v) is 5.44. The predicted octanol–water partition coefficient (Wildman–Crippen LogP) is 6.65. The van der Waals surface area contributed by atoms with Crippen LogP contribution >= 0.6 is 23.2 Å². The lowest BCUT2D eigenvalue weighted by molar-refractivity contribution is -0.121. The fourth-order valence-electron chi connectivity index (χ4n) is 5.10. The molecule has 1 amide bonds. The molecule has 0 saturated carbocycles. The molecule has 0 aliphatic carbocycles. The van der Waals surface area contributed by atoms with Crippen molar-refractivity contribution in [3.63, 3.8) is 0 Å². The van der Waals surface area contributed by atoms with Gasteiger partial charge in [-0.1, -0.05) is 41.4 Å². The Morgan fingerprint density at radius 3 is 2.49 bits per heavy atom. The van der Waals surface area contributed by atoms with Crippen molar-refractivity contribution in [2.45, 2.75) is 51.2 Å². The third-order valence-corrected chi connectivity index (χ3v) is 7.58. The van der Waals surface area contributed by atoms with Crippen LogP contribution in [0.5, 0.6) is 5.75 Å². The average molecular weight is 510 g/mol. The number of aromatic carboxylic acids is 1. The molecule has 2 heterocycles. The third-order valence-electron chi connectivity index (χ3n) is 7.11. The van der Waals surface area contributed by atoms with Crippen molar-refractivity contribution in [3.8, 4) is 5.75 Å². The highest BCUT2D eigenvalue weighted by atomic mass is 35.5. The smallest absolute Gasteiger partial charge is 0.336 e. The number of carboxylic acid groups (broad SMARTS) is 1. The molecule has 0 unspecified atom stereocenters. The van der Waals surface area contributed by atoms with Gasteiger partial charge in [0.05, 0.1) is 17.5 Å². The minimum absolute atomic E-state index is 0.0722. The van der Waals surface area contributed by atoms with Crippen molar-refractivity contribution >= 4 is 40.8 Å². The molecule has 0 aromatic heterocycles. The van der Waals surface area contributed by atoms with E-state index in [0.29, 0.717) is 21.3 Å². The Bertz CT molecular complexity index is 1380. The van der Waals surface area contributed by atoms with Crippen LogP contribution in [0.2, 0.25) is 10.0 Å². The van der Waals surface area contributed by atoms with Crippen molar-refractivity contribution in [3.05, 3.63) is 92.5 Å². The van der Waals surface area contributed by atoms with Gasteiger partial charge in [0, 0.05) is 15.7 Å². The third kappa shape index (κ3) is 3.97. The molecule has 1 atom stereocenters. The molecule has 2 aliphatic rings. The number of carbonyl (C=O) groups excluding carboxylic acids is 1. The van der Waals surface area contributed by atoms with Crippen molar-refractivity contribution in [1.29, 1.82) is 0 Å². The van der Waals surface area contributed by atoms with E-state index in [-0.39, 0.29) is 23.6 Å². The molecule has 3 aromatic carbocycles. The number of amides is 1. The van der Waals surface area contributed by atoms with E-state index in [9.17, 15) is 14.7 Å². The van der Waals surface area contributed by atoms with E-state index in [1.165, 1.54) is 6.07 Å². The number of anilines is 1. The van der Waals surface area contributed by atoms with Crippen molar-refractivity contribution < 1.29 is 19.4 Å². The summed E-state index contributed by atoms with van der Waals surface area (Å²) in [6.45, 7) is 6.15.